The molecule has 0 saturated heterocycles. The first-order valence-corrected chi connectivity index (χ1v) is 3.94. The van der Waals surface area contributed by atoms with Gasteiger partial charge in [-0.1, -0.05) is 0 Å². The van der Waals surface area contributed by atoms with Gasteiger partial charge in [-0.05, 0) is 0 Å². The molecule has 0 aromatic heterocycles. The van der Waals surface area contributed by atoms with Crippen LogP contribution in [0.15, 0.2) is 0 Å². The van der Waals surface area contributed by atoms with Gasteiger partial charge in [0.05, 0.1) is 7.11 Å². The summed E-state index contributed by atoms with van der Waals surface area (Å²) < 4.78 is 37.7. The maximum atomic E-state index is 12.1. The van der Waals surface area contributed by atoms with Crippen LogP contribution in [-0.2, 0) is 23.8 Å². The number of hydrogen-bond donors (Lipinski definition) is 0. The topological polar surface area (TPSA) is 61.8 Å². The number of carbonyl (C=O) groups is 2. The van der Waals surface area contributed by atoms with Gasteiger partial charge in [0.15, 0.2) is 12.2 Å². The molecule has 1 unspecified atom stereocenters. The molecule has 0 saturated carbocycles. The Bertz CT molecular complexity index is 238. The van der Waals surface area contributed by atoms with Crippen LogP contribution in [0.3, 0.4) is 0 Å². The summed E-state index contributed by atoms with van der Waals surface area (Å²) in [5.74, 6) is -4.48. The summed E-state index contributed by atoms with van der Waals surface area (Å²) in [6.45, 7) is 0. The molecule has 0 spiro atoms. The molecule has 90 valence electrons. The molecule has 1 atom stereocenters. The summed E-state index contributed by atoms with van der Waals surface area (Å²) >= 11 is 0. The number of halogens is 2. The summed E-state index contributed by atoms with van der Waals surface area (Å²) in [5.41, 5.74) is 0. The van der Waals surface area contributed by atoms with Gasteiger partial charge in [-0.15, -0.1) is 0 Å². The van der Waals surface area contributed by atoms with Gasteiger partial charge < -0.3 is 15.6 Å². The van der Waals surface area contributed by atoms with E-state index in [0.717, 1.165) is 21.3 Å². The summed E-state index contributed by atoms with van der Waals surface area (Å²) in [6.07, 6.45) is -4.65. The number of methoxy groups -OCH3 is 3. The third kappa shape index (κ3) is 4.84. The summed E-state index contributed by atoms with van der Waals surface area (Å²) in [6, 6.07) is 0. The fourth-order valence-electron chi connectivity index (χ4n) is 0.992. The van der Waals surface area contributed by atoms with Crippen LogP contribution in [0.5, 0.6) is 0 Å². The molecule has 5 nitrogen and oxygen atoms in total. The number of Topliss-reactive ketones (excluding diaryl/α,β-unsaturated/α-hetero) is 1. The SMILES string of the molecule is COC(=O)C(C(=O)C(F)F)C(OC)OC.[H-].[Na+]. The zero-order valence-electron chi connectivity index (χ0n) is 10.5. The number of rotatable bonds is 6. The molecule has 0 fully saturated rings. The van der Waals surface area contributed by atoms with Crippen LogP contribution >= 0.6 is 0 Å². The van der Waals surface area contributed by atoms with Crippen LogP contribution in [0.2, 0.25) is 0 Å². The van der Waals surface area contributed by atoms with E-state index < -0.39 is 30.4 Å². The van der Waals surface area contributed by atoms with Crippen molar-refractivity contribution in [3.05, 3.63) is 0 Å². The molecule has 0 aliphatic carbocycles. The molecular weight excluding hydrogens is 237 g/mol. The average molecular weight is 250 g/mol. The second-order valence-electron chi connectivity index (χ2n) is 2.54. The van der Waals surface area contributed by atoms with Crippen molar-refractivity contribution in [3.63, 3.8) is 0 Å². The standard InChI is InChI=1S/C8H12F2O5.Na.H/c1-13-7(12)4(5(11)6(9)10)8(14-2)15-3;;/h4,6,8H,1-3H3;;/q;+1;-1. The summed E-state index contributed by atoms with van der Waals surface area (Å²) in [7, 11) is 3.24. The first-order valence-electron chi connectivity index (χ1n) is 3.94. The largest absolute Gasteiger partial charge is 1.00 e. The van der Waals surface area contributed by atoms with Gasteiger partial charge in [0.25, 0.3) is 6.43 Å². The predicted octanol–water partition coefficient (Wildman–Crippen LogP) is -2.65. The Morgan fingerprint density at radius 3 is 1.81 bits per heavy atom. The Morgan fingerprint density at radius 1 is 1.12 bits per heavy atom. The Kier molecular flexibility index (Phi) is 10.3. The first kappa shape index (κ1) is 18.3. The number of esters is 1. The van der Waals surface area contributed by atoms with Crippen molar-refractivity contribution in [3.8, 4) is 0 Å². The van der Waals surface area contributed by atoms with E-state index in [1.165, 1.54) is 0 Å². The van der Waals surface area contributed by atoms with Crippen LogP contribution in [0, 0.1) is 5.92 Å². The summed E-state index contributed by atoms with van der Waals surface area (Å²) in [5, 5.41) is 0. The molecule has 0 rings (SSSR count). The molecule has 0 radical (unpaired) electrons. The molecule has 0 aromatic rings. The average Bonchev–Trinajstić information content (AvgIpc) is 2.23. The molecule has 0 bridgehead atoms. The van der Waals surface area contributed by atoms with Crippen LogP contribution in [-0.4, -0.2) is 45.8 Å². The van der Waals surface area contributed by atoms with E-state index in [4.69, 9.17) is 0 Å². The van der Waals surface area contributed by atoms with Crippen molar-refractivity contribution < 1.29 is 63.6 Å². The predicted molar refractivity (Wildman–Crippen MR) is 45.4 cm³/mol. The van der Waals surface area contributed by atoms with Gasteiger partial charge >= 0.3 is 35.5 Å². The number of ketones is 1. The van der Waals surface area contributed by atoms with E-state index in [0.29, 0.717) is 0 Å². The fourth-order valence-corrected chi connectivity index (χ4v) is 0.992. The monoisotopic (exact) mass is 250 g/mol. The maximum absolute atomic E-state index is 12.1. The Balaban J connectivity index is -0.000000980. The number of carbonyl (C=O) groups excluding carboxylic acids is 2. The third-order valence-electron chi connectivity index (χ3n) is 1.71. The Labute approximate surface area is 115 Å². The third-order valence-corrected chi connectivity index (χ3v) is 1.71. The van der Waals surface area contributed by atoms with E-state index >= 15 is 0 Å². The first-order chi connectivity index (χ1) is 6.99. The van der Waals surface area contributed by atoms with E-state index in [9.17, 15) is 18.4 Å². The second-order valence-corrected chi connectivity index (χ2v) is 2.54. The van der Waals surface area contributed by atoms with Gasteiger partial charge in [-0.2, -0.15) is 0 Å². The minimum atomic E-state index is -3.28. The maximum Gasteiger partial charge on any atom is 1.00 e. The van der Waals surface area contributed by atoms with Crippen molar-refractivity contribution in [1.29, 1.82) is 0 Å². The number of hydrogen-bond acceptors (Lipinski definition) is 5. The van der Waals surface area contributed by atoms with Crippen molar-refractivity contribution in [2.75, 3.05) is 21.3 Å². The van der Waals surface area contributed by atoms with Crippen LogP contribution in [0.1, 0.15) is 1.43 Å². The van der Waals surface area contributed by atoms with Gasteiger partial charge in [0, 0.05) is 14.2 Å². The minimum Gasteiger partial charge on any atom is -1.00 e. The van der Waals surface area contributed by atoms with Gasteiger partial charge in [0.1, 0.15) is 0 Å². The molecule has 16 heavy (non-hydrogen) atoms. The Morgan fingerprint density at radius 2 is 1.56 bits per heavy atom. The van der Waals surface area contributed by atoms with Gasteiger partial charge in [-0.25, -0.2) is 8.78 Å². The van der Waals surface area contributed by atoms with E-state index in [-0.39, 0.29) is 31.0 Å². The molecule has 0 aromatic carbocycles. The molecule has 0 heterocycles. The number of alkyl halides is 2. The molecule has 0 N–H and O–H groups in total. The fraction of sp³-hybridized carbons (Fsp3) is 0.750. The minimum absolute atomic E-state index is 0. The Hall–Kier alpha value is -0.0800. The normalized spacial score (nSPS) is 12.2. The molecule has 8 heteroatoms. The molecular formula is C8H13F2NaO5. The zero-order valence-corrected chi connectivity index (χ0v) is 11.5. The van der Waals surface area contributed by atoms with E-state index in [1.807, 2.05) is 0 Å². The van der Waals surface area contributed by atoms with E-state index in [2.05, 4.69) is 14.2 Å². The second kappa shape index (κ2) is 9.00. The summed E-state index contributed by atoms with van der Waals surface area (Å²) in [4.78, 5) is 22.1. The smallest absolute Gasteiger partial charge is 1.00 e. The van der Waals surface area contributed by atoms with E-state index in [1.54, 1.807) is 0 Å². The van der Waals surface area contributed by atoms with Crippen LogP contribution in [0.25, 0.3) is 0 Å². The molecule has 0 aliphatic rings. The van der Waals surface area contributed by atoms with Crippen LogP contribution < -0.4 is 29.6 Å². The number of ether oxygens (including phenoxy) is 3. The van der Waals surface area contributed by atoms with Gasteiger partial charge in [0.2, 0.25) is 5.78 Å². The van der Waals surface area contributed by atoms with Crippen molar-refractivity contribution in [2.45, 2.75) is 12.7 Å². The van der Waals surface area contributed by atoms with Gasteiger partial charge in [-0.3, -0.25) is 9.59 Å². The quantitative estimate of drug-likeness (QED) is 0.223. The zero-order chi connectivity index (χ0) is 12.0. The van der Waals surface area contributed by atoms with Crippen LogP contribution in [0.4, 0.5) is 8.78 Å². The van der Waals surface area contributed by atoms with Crippen molar-refractivity contribution in [1.82, 2.24) is 0 Å². The molecule has 0 aliphatic heterocycles. The van der Waals surface area contributed by atoms with Crippen molar-refractivity contribution in [2.24, 2.45) is 5.92 Å². The van der Waals surface area contributed by atoms with Crippen molar-refractivity contribution >= 4 is 11.8 Å². The molecule has 0 amide bonds.